The molecule has 2 N–H and O–H groups in total. The van der Waals surface area contributed by atoms with Gasteiger partial charge in [-0.2, -0.15) is 0 Å². The molecular weight excluding hydrogens is 342 g/mol. The molecule has 146 valence electrons. The van der Waals surface area contributed by atoms with Crippen LogP contribution in [0.3, 0.4) is 0 Å². The summed E-state index contributed by atoms with van der Waals surface area (Å²) in [6, 6.07) is 0. The first kappa shape index (κ1) is 20.4. The van der Waals surface area contributed by atoms with Crippen molar-refractivity contribution in [3.8, 4) is 0 Å². The van der Waals surface area contributed by atoms with Gasteiger partial charge in [-0.1, -0.05) is 0 Å². The van der Waals surface area contributed by atoms with Gasteiger partial charge in [-0.15, -0.1) is 0 Å². The largest absolute Gasteiger partial charge is 0.379 e. The molecule has 0 spiro atoms. The maximum Gasteiger partial charge on any atom is 0.211 e. The van der Waals surface area contributed by atoms with Crippen LogP contribution in [0.5, 0.6) is 0 Å². The van der Waals surface area contributed by atoms with E-state index in [-0.39, 0.29) is 0 Å². The van der Waals surface area contributed by atoms with E-state index in [1.807, 2.05) is 0 Å². The molecule has 0 aromatic carbocycles. The molecule has 0 saturated carbocycles. The summed E-state index contributed by atoms with van der Waals surface area (Å²) < 4.78 is 30.0. The minimum atomic E-state index is -3.05. The Bertz CT molecular complexity index is 512. The van der Waals surface area contributed by atoms with E-state index in [9.17, 15) is 8.42 Å². The summed E-state index contributed by atoms with van der Waals surface area (Å²) in [5.41, 5.74) is 0. The van der Waals surface area contributed by atoms with Crippen molar-refractivity contribution in [1.29, 1.82) is 0 Å². The number of morpholine rings is 1. The first-order chi connectivity index (χ1) is 12.0. The second-order valence-corrected chi connectivity index (χ2v) is 8.69. The Hall–Kier alpha value is -0.900. The van der Waals surface area contributed by atoms with Crippen molar-refractivity contribution in [3.05, 3.63) is 0 Å². The van der Waals surface area contributed by atoms with E-state index < -0.39 is 10.0 Å². The molecule has 2 heterocycles. The number of aliphatic imine (C=N–C) groups is 1. The van der Waals surface area contributed by atoms with Gasteiger partial charge < -0.3 is 15.4 Å². The van der Waals surface area contributed by atoms with Crippen LogP contribution in [0.4, 0.5) is 0 Å². The van der Waals surface area contributed by atoms with Crippen molar-refractivity contribution >= 4 is 16.0 Å². The van der Waals surface area contributed by atoms with E-state index in [1.54, 1.807) is 4.31 Å². The summed E-state index contributed by atoms with van der Waals surface area (Å²) >= 11 is 0. The molecule has 0 aromatic heterocycles. The van der Waals surface area contributed by atoms with Crippen molar-refractivity contribution in [2.75, 3.05) is 71.8 Å². The van der Waals surface area contributed by atoms with Crippen LogP contribution in [-0.2, 0) is 14.8 Å². The number of guanidine groups is 1. The highest BCUT2D eigenvalue weighted by Gasteiger charge is 2.24. The van der Waals surface area contributed by atoms with Gasteiger partial charge in [0.15, 0.2) is 5.96 Å². The van der Waals surface area contributed by atoms with Gasteiger partial charge in [0.05, 0.1) is 19.5 Å². The highest BCUT2D eigenvalue weighted by Crippen LogP contribution is 2.19. The zero-order chi connectivity index (χ0) is 18.1. The molecule has 2 aliphatic heterocycles. The van der Waals surface area contributed by atoms with E-state index >= 15 is 0 Å². The third-order valence-electron chi connectivity index (χ3n) is 4.72. The highest BCUT2D eigenvalue weighted by molar-refractivity contribution is 7.88. The maximum atomic E-state index is 11.6. The van der Waals surface area contributed by atoms with Crippen molar-refractivity contribution in [2.45, 2.75) is 19.8 Å². The van der Waals surface area contributed by atoms with E-state index in [2.05, 4.69) is 22.5 Å². The van der Waals surface area contributed by atoms with E-state index in [0.717, 1.165) is 71.3 Å². The fourth-order valence-corrected chi connectivity index (χ4v) is 4.02. The average molecular weight is 376 g/mol. The number of piperidine rings is 1. The van der Waals surface area contributed by atoms with Gasteiger partial charge >= 0.3 is 0 Å². The molecule has 25 heavy (non-hydrogen) atoms. The third kappa shape index (κ3) is 7.47. The summed E-state index contributed by atoms with van der Waals surface area (Å²) in [5.74, 6) is 1.30. The first-order valence-corrected chi connectivity index (χ1v) is 11.1. The standard InChI is InChI=1S/C16H33N5O3S/c1-3-17-16(18-6-9-20-10-12-24-13-11-20)19-14-15-4-7-21(8-5-15)25(2,22)23/h15H,3-14H2,1-2H3,(H2,17,18,19). The van der Waals surface area contributed by atoms with Crippen LogP contribution in [0, 0.1) is 5.92 Å². The maximum absolute atomic E-state index is 11.6. The van der Waals surface area contributed by atoms with E-state index in [1.165, 1.54) is 6.26 Å². The molecular formula is C16H33N5O3S. The minimum absolute atomic E-state index is 0.452. The molecule has 2 saturated heterocycles. The van der Waals surface area contributed by atoms with Crippen molar-refractivity contribution in [3.63, 3.8) is 0 Å². The zero-order valence-electron chi connectivity index (χ0n) is 15.5. The quantitative estimate of drug-likeness (QED) is 0.463. The van der Waals surface area contributed by atoms with Crippen LogP contribution in [0.2, 0.25) is 0 Å². The topological polar surface area (TPSA) is 86.3 Å². The van der Waals surface area contributed by atoms with Crippen LogP contribution in [-0.4, -0.2) is 95.4 Å². The van der Waals surface area contributed by atoms with E-state index in [4.69, 9.17) is 9.73 Å². The van der Waals surface area contributed by atoms with Crippen LogP contribution in [0.1, 0.15) is 19.8 Å². The van der Waals surface area contributed by atoms with Crippen LogP contribution < -0.4 is 10.6 Å². The lowest BCUT2D eigenvalue weighted by Crippen LogP contribution is -2.44. The molecule has 2 rings (SSSR count). The Labute approximate surface area is 152 Å². The molecule has 8 nitrogen and oxygen atoms in total. The molecule has 9 heteroatoms. The SMILES string of the molecule is CCNC(=NCC1CCN(S(C)(=O)=O)CC1)NCCN1CCOCC1. The normalized spacial score (nSPS) is 22.1. The molecule has 0 bridgehead atoms. The van der Waals surface area contributed by atoms with Gasteiger partial charge in [-0.25, -0.2) is 12.7 Å². The zero-order valence-corrected chi connectivity index (χ0v) is 16.4. The molecule has 0 atom stereocenters. The van der Waals surface area contributed by atoms with Gasteiger partial charge in [0, 0.05) is 52.4 Å². The number of sulfonamides is 1. The van der Waals surface area contributed by atoms with Gasteiger partial charge in [0.25, 0.3) is 0 Å². The van der Waals surface area contributed by atoms with Crippen LogP contribution >= 0.6 is 0 Å². The molecule has 2 fully saturated rings. The predicted octanol–water partition coefficient (Wildman–Crippen LogP) is -0.455. The van der Waals surface area contributed by atoms with Gasteiger partial charge in [-0.3, -0.25) is 9.89 Å². The lowest BCUT2D eigenvalue weighted by atomic mass is 9.98. The predicted molar refractivity (Wildman–Crippen MR) is 100 cm³/mol. The number of ether oxygens (including phenoxy) is 1. The smallest absolute Gasteiger partial charge is 0.211 e. The Morgan fingerprint density at radius 3 is 2.44 bits per heavy atom. The molecule has 2 aliphatic rings. The fourth-order valence-electron chi connectivity index (χ4n) is 3.14. The minimum Gasteiger partial charge on any atom is -0.379 e. The first-order valence-electron chi connectivity index (χ1n) is 9.26. The lowest BCUT2D eigenvalue weighted by molar-refractivity contribution is 0.0389. The van der Waals surface area contributed by atoms with Gasteiger partial charge in [0.1, 0.15) is 0 Å². The second kappa shape index (κ2) is 10.3. The summed E-state index contributed by atoms with van der Waals surface area (Å²) in [7, 11) is -3.05. The number of nitrogens with one attached hydrogen (secondary N) is 2. The highest BCUT2D eigenvalue weighted by atomic mass is 32.2. The van der Waals surface area contributed by atoms with Crippen LogP contribution in [0.25, 0.3) is 0 Å². The molecule has 0 aromatic rings. The third-order valence-corrected chi connectivity index (χ3v) is 6.02. The Balaban J connectivity index is 1.71. The lowest BCUT2D eigenvalue weighted by Gasteiger charge is -2.29. The Kier molecular flexibility index (Phi) is 8.41. The second-order valence-electron chi connectivity index (χ2n) is 6.71. The van der Waals surface area contributed by atoms with Crippen LogP contribution in [0.15, 0.2) is 4.99 Å². The summed E-state index contributed by atoms with van der Waals surface area (Å²) in [6.45, 7) is 10.3. The number of hydrogen-bond acceptors (Lipinski definition) is 5. The van der Waals surface area contributed by atoms with Crippen molar-refractivity contribution in [2.24, 2.45) is 10.9 Å². The van der Waals surface area contributed by atoms with Gasteiger partial charge in [0.2, 0.25) is 10.0 Å². The summed E-state index contributed by atoms with van der Waals surface area (Å²) in [5, 5.41) is 6.67. The summed E-state index contributed by atoms with van der Waals surface area (Å²) in [4.78, 5) is 7.08. The Morgan fingerprint density at radius 1 is 1.16 bits per heavy atom. The number of nitrogens with zero attached hydrogens (tertiary/aromatic N) is 3. The van der Waals surface area contributed by atoms with Crippen molar-refractivity contribution < 1.29 is 13.2 Å². The van der Waals surface area contributed by atoms with E-state index in [0.29, 0.717) is 19.0 Å². The van der Waals surface area contributed by atoms with Crippen molar-refractivity contribution in [1.82, 2.24) is 19.8 Å². The molecule has 0 aliphatic carbocycles. The monoisotopic (exact) mass is 375 g/mol. The molecule has 0 unspecified atom stereocenters. The Morgan fingerprint density at radius 2 is 1.84 bits per heavy atom. The average Bonchev–Trinajstić information content (AvgIpc) is 2.60. The molecule has 0 amide bonds. The number of rotatable bonds is 7. The summed E-state index contributed by atoms with van der Waals surface area (Å²) in [6.07, 6.45) is 3.04. The molecule has 0 radical (unpaired) electrons. The number of hydrogen-bond donors (Lipinski definition) is 2. The van der Waals surface area contributed by atoms with Gasteiger partial charge in [-0.05, 0) is 25.7 Å². The fraction of sp³-hybridized carbons (Fsp3) is 0.938.